The summed E-state index contributed by atoms with van der Waals surface area (Å²) in [5.41, 5.74) is 24.8. The van der Waals surface area contributed by atoms with Gasteiger partial charge in [0.1, 0.15) is 5.60 Å². The Morgan fingerprint density at radius 1 is 0.513 bits per heavy atom. The highest BCUT2D eigenvalue weighted by atomic mass is 16.5. The molecule has 1 fully saturated rings. The topological polar surface area (TPSA) is 15.7 Å². The molecule has 398 valence electrons. The molecule has 0 N–H and O–H groups in total. The second-order valence-electron chi connectivity index (χ2n) is 31.8. The summed E-state index contributed by atoms with van der Waals surface area (Å²) in [7, 11) is 0. The molecule has 3 unspecified atom stereocenters. The predicted molar refractivity (Wildman–Crippen MR) is 326 cm³/mol. The second-order valence-corrected chi connectivity index (χ2v) is 31.8. The zero-order chi connectivity index (χ0) is 54.6. The van der Waals surface area contributed by atoms with E-state index >= 15 is 0 Å². The van der Waals surface area contributed by atoms with Crippen LogP contribution in [-0.4, -0.2) is 12.3 Å². The molecule has 76 heavy (non-hydrogen) atoms. The molecule has 0 bridgehead atoms. The van der Waals surface area contributed by atoms with Gasteiger partial charge in [0.25, 0.3) is 6.71 Å². The number of anilines is 5. The Labute approximate surface area is 460 Å². The van der Waals surface area contributed by atoms with Gasteiger partial charge >= 0.3 is 0 Å². The molecule has 0 radical (unpaired) electrons. The van der Waals surface area contributed by atoms with Crippen LogP contribution in [0.4, 0.5) is 28.4 Å². The van der Waals surface area contributed by atoms with Crippen molar-refractivity contribution in [2.24, 2.45) is 22.7 Å². The van der Waals surface area contributed by atoms with Crippen molar-refractivity contribution in [3.05, 3.63) is 147 Å². The lowest BCUT2D eigenvalue weighted by molar-refractivity contribution is -0.0352. The van der Waals surface area contributed by atoms with E-state index in [1.807, 2.05) is 0 Å². The molecule has 0 spiro atoms. The van der Waals surface area contributed by atoms with Crippen molar-refractivity contribution in [3.8, 4) is 11.1 Å². The summed E-state index contributed by atoms with van der Waals surface area (Å²) in [5, 5.41) is 0. The summed E-state index contributed by atoms with van der Waals surface area (Å²) in [6, 6.07) is 35.1. The molecule has 1 saturated carbocycles. The van der Waals surface area contributed by atoms with E-state index in [-0.39, 0.29) is 56.0 Å². The van der Waals surface area contributed by atoms with Crippen LogP contribution in [0.5, 0.6) is 0 Å². The van der Waals surface area contributed by atoms with Crippen LogP contribution >= 0.6 is 0 Å². The first-order valence-electron chi connectivity index (χ1n) is 29.6. The second kappa shape index (κ2) is 16.1. The highest BCUT2D eigenvalue weighted by molar-refractivity contribution is 6.95. The van der Waals surface area contributed by atoms with Gasteiger partial charge in [0.15, 0.2) is 5.88 Å². The van der Waals surface area contributed by atoms with E-state index in [9.17, 15) is 0 Å². The van der Waals surface area contributed by atoms with Gasteiger partial charge in [-0.1, -0.05) is 179 Å². The third kappa shape index (κ3) is 7.68. The SMILES string of the molecule is Cc1cc2c3c(c1)N(c1cc4c(cc1-c1ccc(C(C)(C)C)cc1)C(C)(C)CCC4(C)C)c1ccc(C(C)(C)C)cc1B3C1=C(OC3(C)CC4C(=CC13)C(C)(C)CCC4(C)C)N2c1ccc2c(c1)C(C)(C)CCC2(C)C. The first kappa shape index (κ1) is 51.8. The van der Waals surface area contributed by atoms with Gasteiger partial charge in [-0.2, -0.15) is 0 Å². The van der Waals surface area contributed by atoms with Crippen LogP contribution in [0.2, 0.25) is 0 Å². The standard InChI is InChI=1S/C72H91BN2O/c1-43-35-59-62-60(36-43)75(58-41-53-51(68(12,13)31-32-70(53,16)17)39-48(58)44-21-23-45(24-22-44)64(2,3)4)57-28-25-46(65(5,6)7)37-56(57)73(62)61-54-40-52-55(71(18,19)34-33-69(52,14)15)42-72(54,20)76-63(61)74(59)47-26-27-49-50(38-47)67(10,11)30-29-66(49,8)9/h21-28,35-41,54-55H,29-34,42H2,1-20H3. The number of allylic oxidation sites excluding steroid dienone is 1. The van der Waals surface area contributed by atoms with E-state index < -0.39 is 5.60 Å². The van der Waals surface area contributed by atoms with Crippen LogP contribution in [0, 0.1) is 29.6 Å². The van der Waals surface area contributed by atoms with Crippen LogP contribution in [-0.2, 0) is 37.2 Å². The fourth-order valence-electron chi connectivity index (χ4n) is 15.9. The van der Waals surface area contributed by atoms with Gasteiger partial charge in [0, 0.05) is 34.2 Å². The molecule has 3 heterocycles. The minimum atomic E-state index is -0.420. The smallest absolute Gasteiger partial charge is 0.252 e. The van der Waals surface area contributed by atoms with Crippen molar-refractivity contribution in [1.82, 2.24) is 0 Å². The number of hydrogen-bond donors (Lipinski definition) is 0. The molecule has 5 aromatic carbocycles. The third-order valence-electron chi connectivity index (χ3n) is 21.4. The first-order valence-corrected chi connectivity index (χ1v) is 29.6. The molecule has 4 heteroatoms. The molecular weight excluding hydrogens is 920 g/mol. The van der Waals surface area contributed by atoms with Crippen LogP contribution in [0.3, 0.4) is 0 Å². The monoisotopic (exact) mass is 1010 g/mol. The molecule has 3 nitrogen and oxygen atoms in total. The number of ether oxygens (including phenoxy) is 1. The fraction of sp³-hybridized carbons (Fsp3) is 0.528. The number of fused-ring (bicyclic) bond motifs is 8. The fourth-order valence-corrected chi connectivity index (χ4v) is 15.9. The molecule has 5 aromatic rings. The Bertz CT molecular complexity index is 3340. The average molecular weight is 1010 g/mol. The van der Waals surface area contributed by atoms with Gasteiger partial charge in [-0.3, -0.25) is 4.90 Å². The zero-order valence-corrected chi connectivity index (χ0v) is 50.6. The van der Waals surface area contributed by atoms with Crippen LogP contribution < -0.4 is 20.7 Å². The van der Waals surface area contributed by atoms with Gasteiger partial charge in [-0.05, 0) is 211 Å². The summed E-state index contributed by atoms with van der Waals surface area (Å²) >= 11 is 0. The van der Waals surface area contributed by atoms with Crippen molar-refractivity contribution < 1.29 is 4.74 Å². The van der Waals surface area contributed by atoms with Crippen molar-refractivity contribution in [2.75, 3.05) is 9.80 Å². The molecule has 3 aliphatic heterocycles. The van der Waals surface area contributed by atoms with Gasteiger partial charge in [-0.25, -0.2) is 0 Å². The summed E-state index contributed by atoms with van der Waals surface area (Å²) in [5.74, 6) is 1.62. The van der Waals surface area contributed by atoms with Gasteiger partial charge in [-0.15, -0.1) is 0 Å². The van der Waals surface area contributed by atoms with Crippen LogP contribution in [0.15, 0.2) is 108 Å². The minimum absolute atomic E-state index is 0.0131. The lowest BCUT2D eigenvalue weighted by atomic mass is 9.30. The van der Waals surface area contributed by atoms with Gasteiger partial charge in [0.2, 0.25) is 0 Å². The van der Waals surface area contributed by atoms with Crippen molar-refractivity contribution in [3.63, 3.8) is 0 Å². The van der Waals surface area contributed by atoms with Gasteiger partial charge < -0.3 is 9.64 Å². The average Bonchev–Trinajstić information content (AvgIpc) is 3.71. The summed E-state index contributed by atoms with van der Waals surface area (Å²) in [6.07, 6.45) is 10.9. The largest absolute Gasteiger partial charge is 0.472 e. The molecule has 3 atom stereocenters. The molecule has 4 aliphatic carbocycles. The summed E-state index contributed by atoms with van der Waals surface area (Å²) in [6.45, 7) is 49.0. The summed E-state index contributed by atoms with van der Waals surface area (Å²) in [4.78, 5) is 5.38. The normalized spacial score (nSPS) is 25.7. The highest BCUT2D eigenvalue weighted by Crippen LogP contribution is 2.64. The lowest BCUT2D eigenvalue weighted by Gasteiger charge is -2.54. The van der Waals surface area contributed by atoms with E-state index in [2.05, 4.69) is 239 Å². The molecule has 0 saturated heterocycles. The van der Waals surface area contributed by atoms with E-state index in [1.54, 1.807) is 5.57 Å². The molecule has 0 aromatic heterocycles. The van der Waals surface area contributed by atoms with Crippen LogP contribution in [0.1, 0.15) is 215 Å². The predicted octanol–water partition coefficient (Wildman–Crippen LogP) is 18.4. The Hall–Kier alpha value is -4.96. The van der Waals surface area contributed by atoms with Crippen molar-refractivity contribution >= 4 is 46.1 Å². The maximum absolute atomic E-state index is 8.05. The number of rotatable bonds is 3. The Morgan fingerprint density at radius 2 is 1.05 bits per heavy atom. The zero-order valence-electron chi connectivity index (χ0n) is 50.6. The molecular formula is C72H91BN2O. The van der Waals surface area contributed by atoms with E-state index in [1.165, 1.54) is 127 Å². The number of nitrogens with zero attached hydrogens (tertiary/aromatic N) is 2. The Kier molecular flexibility index (Phi) is 11.0. The van der Waals surface area contributed by atoms with Crippen LogP contribution in [0.25, 0.3) is 11.1 Å². The Balaban J connectivity index is 1.19. The highest BCUT2D eigenvalue weighted by Gasteiger charge is 2.61. The summed E-state index contributed by atoms with van der Waals surface area (Å²) < 4.78 is 8.05. The first-order chi connectivity index (χ1) is 35.1. The molecule has 0 amide bonds. The maximum Gasteiger partial charge on any atom is 0.252 e. The molecule has 12 rings (SSSR count). The van der Waals surface area contributed by atoms with Gasteiger partial charge in [0.05, 0.1) is 5.69 Å². The lowest BCUT2D eigenvalue weighted by Crippen LogP contribution is -2.57. The molecule has 7 aliphatic rings. The number of benzene rings is 5. The van der Waals surface area contributed by atoms with E-state index in [4.69, 9.17) is 4.74 Å². The van der Waals surface area contributed by atoms with E-state index in [0.29, 0.717) is 5.92 Å². The van der Waals surface area contributed by atoms with Crippen molar-refractivity contribution in [1.29, 1.82) is 0 Å². The number of hydrogen-bond acceptors (Lipinski definition) is 3. The van der Waals surface area contributed by atoms with Crippen molar-refractivity contribution in [2.45, 2.75) is 222 Å². The third-order valence-corrected chi connectivity index (χ3v) is 21.4. The number of aryl methyl sites for hydroxylation is 1. The quantitative estimate of drug-likeness (QED) is 0.132. The maximum atomic E-state index is 8.05. The van der Waals surface area contributed by atoms with E-state index in [0.717, 1.165) is 18.7 Å². The minimum Gasteiger partial charge on any atom is -0.472 e. The Morgan fingerprint density at radius 3 is 1.66 bits per heavy atom.